The Hall–Kier alpha value is -0.770. The molecule has 1 aliphatic heterocycles. The molecule has 1 aliphatic rings. The topological polar surface area (TPSA) is 49.8 Å². The summed E-state index contributed by atoms with van der Waals surface area (Å²) in [6, 6.07) is 0. The second-order valence-electron chi connectivity index (χ2n) is 4.55. The molecule has 1 amide bonds. The summed E-state index contributed by atoms with van der Waals surface area (Å²) in [4.78, 5) is 13.5. The van der Waals surface area contributed by atoms with Gasteiger partial charge < -0.3 is 14.7 Å². The standard InChI is InChI=1S/C12H23NO3/c1-3-10(2)16-12(15)13-7-4-11(5-8-13)6-9-14/h10-11,14H,3-9H2,1-2H3. The molecule has 1 unspecified atom stereocenters. The molecule has 1 rings (SSSR count). The van der Waals surface area contributed by atoms with Crippen LogP contribution in [0.25, 0.3) is 0 Å². The second kappa shape index (κ2) is 6.74. The van der Waals surface area contributed by atoms with Crippen LogP contribution in [-0.2, 0) is 4.74 Å². The van der Waals surface area contributed by atoms with E-state index in [1.807, 2.05) is 13.8 Å². The van der Waals surface area contributed by atoms with Crippen molar-refractivity contribution in [2.24, 2.45) is 5.92 Å². The van der Waals surface area contributed by atoms with E-state index in [2.05, 4.69) is 0 Å². The summed E-state index contributed by atoms with van der Waals surface area (Å²) in [6.07, 6.45) is 3.49. The van der Waals surface area contributed by atoms with Gasteiger partial charge in [-0.3, -0.25) is 0 Å². The molecule has 0 aromatic rings. The van der Waals surface area contributed by atoms with Crippen LogP contribution in [0.4, 0.5) is 4.79 Å². The first-order chi connectivity index (χ1) is 7.67. The minimum atomic E-state index is -0.184. The van der Waals surface area contributed by atoms with Crippen LogP contribution in [0.15, 0.2) is 0 Å². The molecule has 0 aromatic carbocycles. The molecule has 0 bridgehead atoms. The Morgan fingerprint density at radius 3 is 2.62 bits per heavy atom. The zero-order valence-electron chi connectivity index (χ0n) is 10.3. The molecular formula is C12H23NO3. The first-order valence-electron chi connectivity index (χ1n) is 6.23. The molecule has 1 saturated heterocycles. The molecule has 1 atom stereocenters. The summed E-state index contributed by atoms with van der Waals surface area (Å²) in [7, 11) is 0. The largest absolute Gasteiger partial charge is 0.446 e. The van der Waals surface area contributed by atoms with E-state index in [1.54, 1.807) is 4.90 Å². The Balaban J connectivity index is 2.27. The van der Waals surface area contributed by atoms with Gasteiger partial charge in [-0.25, -0.2) is 4.79 Å². The van der Waals surface area contributed by atoms with Crippen molar-refractivity contribution in [3.8, 4) is 0 Å². The molecule has 0 radical (unpaired) electrons. The van der Waals surface area contributed by atoms with Crippen LogP contribution in [0.1, 0.15) is 39.5 Å². The van der Waals surface area contributed by atoms with E-state index in [0.717, 1.165) is 38.8 Å². The monoisotopic (exact) mass is 229 g/mol. The lowest BCUT2D eigenvalue weighted by atomic mass is 9.94. The maximum Gasteiger partial charge on any atom is 0.410 e. The van der Waals surface area contributed by atoms with Crippen molar-refractivity contribution in [1.82, 2.24) is 4.90 Å². The van der Waals surface area contributed by atoms with E-state index in [1.165, 1.54) is 0 Å². The summed E-state index contributed by atoms with van der Waals surface area (Å²) in [5.74, 6) is 0.567. The second-order valence-corrected chi connectivity index (χ2v) is 4.55. The van der Waals surface area contributed by atoms with Gasteiger partial charge in [0.25, 0.3) is 0 Å². The van der Waals surface area contributed by atoms with E-state index >= 15 is 0 Å². The molecule has 4 nitrogen and oxygen atoms in total. The quantitative estimate of drug-likeness (QED) is 0.802. The van der Waals surface area contributed by atoms with Gasteiger partial charge >= 0.3 is 6.09 Å². The highest BCUT2D eigenvalue weighted by Gasteiger charge is 2.24. The third-order valence-electron chi connectivity index (χ3n) is 3.29. The number of aliphatic hydroxyl groups is 1. The van der Waals surface area contributed by atoms with E-state index in [0.29, 0.717) is 5.92 Å². The Morgan fingerprint density at radius 2 is 2.12 bits per heavy atom. The average Bonchev–Trinajstić information content (AvgIpc) is 2.30. The summed E-state index contributed by atoms with van der Waals surface area (Å²) in [5, 5.41) is 8.84. The van der Waals surface area contributed by atoms with Crippen LogP contribution in [-0.4, -0.2) is 41.9 Å². The van der Waals surface area contributed by atoms with Gasteiger partial charge in [-0.2, -0.15) is 0 Å². The van der Waals surface area contributed by atoms with Gasteiger partial charge in [-0.15, -0.1) is 0 Å². The fourth-order valence-corrected chi connectivity index (χ4v) is 1.92. The number of amides is 1. The predicted molar refractivity (Wildman–Crippen MR) is 62.2 cm³/mol. The fraction of sp³-hybridized carbons (Fsp3) is 0.917. The number of ether oxygens (including phenoxy) is 1. The van der Waals surface area contributed by atoms with Crippen molar-refractivity contribution in [1.29, 1.82) is 0 Å². The normalized spacial score (nSPS) is 19.6. The van der Waals surface area contributed by atoms with Crippen LogP contribution < -0.4 is 0 Å². The highest BCUT2D eigenvalue weighted by atomic mass is 16.6. The lowest BCUT2D eigenvalue weighted by molar-refractivity contribution is 0.0563. The fourth-order valence-electron chi connectivity index (χ4n) is 1.92. The minimum absolute atomic E-state index is 0.00247. The van der Waals surface area contributed by atoms with E-state index in [-0.39, 0.29) is 18.8 Å². The third-order valence-corrected chi connectivity index (χ3v) is 3.29. The smallest absolute Gasteiger partial charge is 0.410 e. The number of nitrogens with zero attached hydrogens (tertiary/aromatic N) is 1. The van der Waals surface area contributed by atoms with Gasteiger partial charge in [0.15, 0.2) is 0 Å². The lowest BCUT2D eigenvalue weighted by Gasteiger charge is -2.31. The molecule has 4 heteroatoms. The van der Waals surface area contributed by atoms with E-state index in [4.69, 9.17) is 9.84 Å². The highest BCUT2D eigenvalue weighted by molar-refractivity contribution is 5.67. The minimum Gasteiger partial charge on any atom is -0.446 e. The van der Waals surface area contributed by atoms with Crippen molar-refractivity contribution in [2.45, 2.75) is 45.6 Å². The molecule has 0 aromatic heterocycles. The van der Waals surface area contributed by atoms with Crippen LogP contribution >= 0.6 is 0 Å². The Morgan fingerprint density at radius 1 is 1.50 bits per heavy atom. The van der Waals surface area contributed by atoms with Crippen LogP contribution in [0.3, 0.4) is 0 Å². The summed E-state index contributed by atoms with van der Waals surface area (Å²) < 4.78 is 5.27. The molecule has 1 N–H and O–H groups in total. The van der Waals surface area contributed by atoms with Crippen LogP contribution in [0, 0.1) is 5.92 Å². The van der Waals surface area contributed by atoms with Gasteiger partial charge in [0.2, 0.25) is 0 Å². The Kier molecular flexibility index (Phi) is 5.60. The first kappa shape index (κ1) is 13.3. The average molecular weight is 229 g/mol. The summed E-state index contributed by atoms with van der Waals surface area (Å²) >= 11 is 0. The molecule has 1 fully saturated rings. The highest BCUT2D eigenvalue weighted by Crippen LogP contribution is 2.20. The molecule has 0 saturated carbocycles. The van der Waals surface area contributed by atoms with Crippen LogP contribution in [0.2, 0.25) is 0 Å². The summed E-state index contributed by atoms with van der Waals surface area (Å²) in [6.45, 7) is 5.70. The molecule has 16 heavy (non-hydrogen) atoms. The maximum absolute atomic E-state index is 11.7. The molecular weight excluding hydrogens is 206 g/mol. The molecule has 0 spiro atoms. The van der Waals surface area contributed by atoms with Gasteiger partial charge in [0.1, 0.15) is 6.10 Å². The number of likely N-dealkylation sites (tertiary alicyclic amines) is 1. The van der Waals surface area contributed by atoms with Crippen molar-refractivity contribution in [3.63, 3.8) is 0 Å². The molecule has 1 heterocycles. The number of carbonyl (C=O) groups is 1. The number of piperidine rings is 1. The zero-order valence-corrected chi connectivity index (χ0v) is 10.3. The lowest BCUT2D eigenvalue weighted by Crippen LogP contribution is -2.40. The molecule has 0 aliphatic carbocycles. The van der Waals surface area contributed by atoms with Gasteiger partial charge in [-0.1, -0.05) is 6.92 Å². The number of rotatable bonds is 4. The van der Waals surface area contributed by atoms with Gasteiger partial charge in [-0.05, 0) is 38.5 Å². The Bertz CT molecular complexity index is 212. The predicted octanol–water partition coefficient (Wildman–Crippen LogP) is 2.02. The third kappa shape index (κ3) is 4.00. The number of carbonyl (C=O) groups excluding carboxylic acids is 1. The first-order valence-corrected chi connectivity index (χ1v) is 6.23. The number of hydrogen-bond donors (Lipinski definition) is 1. The van der Waals surface area contributed by atoms with Crippen molar-refractivity contribution in [2.75, 3.05) is 19.7 Å². The summed E-state index contributed by atoms with van der Waals surface area (Å²) in [5.41, 5.74) is 0. The molecule has 94 valence electrons. The SMILES string of the molecule is CCC(C)OC(=O)N1CCC(CCO)CC1. The number of hydrogen-bond acceptors (Lipinski definition) is 3. The van der Waals surface area contributed by atoms with E-state index < -0.39 is 0 Å². The zero-order chi connectivity index (χ0) is 12.0. The Labute approximate surface area is 97.6 Å². The van der Waals surface area contributed by atoms with Crippen molar-refractivity contribution >= 4 is 6.09 Å². The maximum atomic E-state index is 11.7. The van der Waals surface area contributed by atoms with Crippen molar-refractivity contribution in [3.05, 3.63) is 0 Å². The van der Waals surface area contributed by atoms with Crippen molar-refractivity contribution < 1.29 is 14.6 Å². The number of aliphatic hydroxyl groups excluding tert-OH is 1. The van der Waals surface area contributed by atoms with Gasteiger partial charge in [0, 0.05) is 19.7 Å². The van der Waals surface area contributed by atoms with Gasteiger partial charge in [0.05, 0.1) is 0 Å². The van der Waals surface area contributed by atoms with Crippen LogP contribution in [0.5, 0.6) is 0 Å². The van der Waals surface area contributed by atoms with E-state index in [9.17, 15) is 4.79 Å².